The van der Waals surface area contributed by atoms with Gasteiger partial charge in [-0.1, -0.05) is 19.3 Å². The highest BCUT2D eigenvalue weighted by molar-refractivity contribution is 7.07. The van der Waals surface area contributed by atoms with Crippen molar-refractivity contribution in [1.82, 2.24) is 10.3 Å². The summed E-state index contributed by atoms with van der Waals surface area (Å²) in [6.07, 6.45) is 5.87. The molecule has 6 heteroatoms. The van der Waals surface area contributed by atoms with Crippen LogP contribution < -0.4 is 5.32 Å². The summed E-state index contributed by atoms with van der Waals surface area (Å²) in [5, 5.41) is 4.98. The van der Waals surface area contributed by atoms with Gasteiger partial charge in [0.15, 0.2) is 0 Å². The molecule has 1 aliphatic carbocycles. The molecule has 1 heterocycles. The lowest BCUT2D eigenvalue weighted by Crippen LogP contribution is -2.43. The van der Waals surface area contributed by atoms with Crippen LogP contribution in [0.4, 0.5) is 0 Å². The summed E-state index contributed by atoms with van der Waals surface area (Å²) in [6, 6.07) is -0.0946. The lowest BCUT2D eigenvalue weighted by molar-refractivity contribution is -0.147. The topological polar surface area (TPSA) is 68.3 Å². The van der Waals surface area contributed by atoms with Gasteiger partial charge >= 0.3 is 5.97 Å². The Kier molecular flexibility index (Phi) is 6.17. The number of amides is 1. The first kappa shape index (κ1) is 15.9. The van der Waals surface area contributed by atoms with Crippen LogP contribution in [-0.2, 0) is 20.7 Å². The first-order valence-electron chi connectivity index (χ1n) is 7.45. The highest BCUT2D eigenvalue weighted by atomic mass is 32.1. The van der Waals surface area contributed by atoms with E-state index in [1.165, 1.54) is 18.4 Å². The number of aryl methyl sites for hydroxylation is 1. The minimum Gasteiger partial charge on any atom is -0.469 e. The fourth-order valence-electron chi connectivity index (χ4n) is 2.80. The van der Waals surface area contributed by atoms with Crippen LogP contribution in [0, 0.1) is 5.92 Å². The first-order chi connectivity index (χ1) is 10.2. The molecule has 0 aliphatic heterocycles. The van der Waals surface area contributed by atoms with Crippen molar-refractivity contribution in [3.05, 3.63) is 16.6 Å². The molecule has 0 aromatic carbocycles. The second-order valence-electron chi connectivity index (χ2n) is 5.42. The molecule has 2 atom stereocenters. The molecule has 1 aromatic heterocycles. The molecule has 1 aliphatic rings. The number of aromatic nitrogens is 1. The van der Waals surface area contributed by atoms with E-state index >= 15 is 0 Å². The lowest BCUT2D eigenvalue weighted by atomic mass is 9.94. The average molecular weight is 310 g/mol. The second-order valence-corrected chi connectivity index (χ2v) is 6.14. The third-order valence-corrected chi connectivity index (χ3v) is 4.59. The van der Waals surface area contributed by atoms with Crippen LogP contribution in [0.3, 0.4) is 0 Å². The number of hydrogen-bond donors (Lipinski definition) is 1. The Morgan fingerprint density at radius 1 is 1.38 bits per heavy atom. The average Bonchev–Trinajstić information content (AvgIpc) is 2.91. The fourth-order valence-corrected chi connectivity index (χ4v) is 3.39. The summed E-state index contributed by atoms with van der Waals surface area (Å²) in [6.45, 7) is 0. The maximum absolute atomic E-state index is 12.1. The van der Waals surface area contributed by atoms with Gasteiger partial charge < -0.3 is 10.1 Å². The van der Waals surface area contributed by atoms with Gasteiger partial charge in [0.25, 0.3) is 0 Å². The van der Waals surface area contributed by atoms with E-state index < -0.39 is 0 Å². The van der Waals surface area contributed by atoms with Crippen LogP contribution in [0.1, 0.15) is 44.2 Å². The summed E-state index contributed by atoms with van der Waals surface area (Å²) in [7, 11) is 1.41. The van der Waals surface area contributed by atoms with E-state index in [4.69, 9.17) is 4.74 Å². The zero-order valence-electron chi connectivity index (χ0n) is 12.3. The quantitative estimate of drug-likeness (QED) is 0.669. The van der Waals surface area contributed by atoms with Crippen LogP contribution in [0.25, 0.3) is 0 Å². The molecule has 21 heavy (non-hydrogen) atoms. The van der Waals surface area contributed by atoms with Gasteiger partial charge in [-0.15, -0.1) is 11.3 Å². The first-order valence-corrected chi connectivity index (χ1v) is 8.39. The molecule has 0 spiro atoms. The van der Waals surface area contributed by atoms with E-state index in [9.17, 15) is 9.59 Å². The van der Waals surface area contributed by atoms with Crippen molar-refractivity contribution < 1.29 is 14.3 Å². The molecular formula is C15H22N2O3S. The summed E-state index contributed by atoms with van der Waals surface area (Å²) in [5.74, 6) is -0.425. The predicted octanol–water partition coefficient (Wildman–Crippen LogP) is 2.31. The van der Waals surface area contributed by atoms with Crippen molar-refractivity contribution >= 4 is 23.2 Å². The Labute approximate surface area is 129 Å². The SMILES string of the molecule is COC(=O)C1CCCCCC1NC(=O)CCc1cscn1. The molecule has 1 saturated carbocycles. The monoisotopic (exact) mass is 310 g/mol. The lowest BCUT2D eigenvalue weighted by Gasteiger charge is -2.24. The number of thiazole rings is 1. The highest BCUT2D eigenvalue weighted by Gasteiger charge is 2.31. The van der Waals surface area contributed by atoms with Gasteiger partial charge in [0.1, 0.15) is 0 Å². The Balaban J connectivity index is 1.87. The smallest absolute Gasteiger partial charge is 0.310 e. The molecule has 1 aromatic rings. The van der Waals surface area contributed by atoms with Crippen molar-refractivity contribution in [2.24, 2.45) is 5.92 Å². The number of nitrogens with one attached hydrogen (secondary N) is 1. The summed E-state index contributed by atoms with van der Waals surface area (Å²) in [4.78, 5) is 28.1. The Morgan fingerprint density at radius 2 is 2.19 bits per heavy atom. The third-order valence-electron chi connectivity index (χ3n) is 3.96. The maximum Gasteiger partial charge on any atom is 0.310 e. The zero-order chi connectivity index (χ0) is 15.1. The minimum atomic E-state index is -0.208. The number of methoxy groups -OCH3 is 1. The number of esters is 1. The van der Waals surface area contributed by atoms with E-state index in [2.05, 4.69) is 10.3 Å². The van der Waals surface area contributed by atoms with E-state index in [1.54, 1.807) is 5.51 Å². The van der Waals surface area contributed by atoms with Gasteiger partial charge in [-0.2, -0.15) is 0 Å². The molecule has 1 amide bonds. The predicted molar refractivity (Wildman–Crippen MR) is 81.0 cm³/mol. The molecule has 0 radical (unpaired) electrons. The summed E-state index contributed by atoms with van der Waals surface area (Å²) >= 11 is 1.53. The highest BCUT2D eigenvalue weighted by Crippen LogP contribution is 2.24. The van der Waals surface area contributed by atoms with E-state index in [-0.39, 0.29) is 23.8 Å². The summed E-state index contributed by atoms with van der Waals surface area (Å²) in [5.41, 5.74) is 2.71. The molecule has 2 unspecified atom stereocenters. The van der Waals surface area contributed by atoms with E-state index in [0.717, 1.165) is 37.8 Å². The third kappa shape index (κ3) is 4.81. The Morgan fingerprint density at radius 3 is 2.90 bits per heavy atom. The molecule has 1 N–H and O–H groups in total. The van der Waals surface area contributed by atoms with Gasteiger partial charge in [-0.05, 0) is 19.3 Å². The maximum atomic E-state index is 12.1. The van der Waals surface area contributed by atoms with E-state index in [0.29, 0.717) is 12.8 Å². The largest absolute Gasteiger partial charge is 0.469 e. The van der Waals surface area contributed by atoms with Gasteiger partial charge in [0, 0.05) is 17.8 Å². The second kappa shape index (κ2) is 8.12. The minimum absolute atomic E-state index is 0.0104. The molecule has 0 saturated heterocycles. The van der Waals surface area contributed by atoms with Gasteiger partial charge in [0.2, 0.25) is 5.91 Å². The normalized spacial score (nSPS) is 22.3. The number of hydrogen-bond acceptors (Lipinski definition) is 5. The molecule has 2 rings (SSSR count). The Bertz CT molecular complexity index is 461. The number of nitrogens with zero attached hydrogens (tertiary/aromatic N) is 1. The number of ether oxygens (including phenoxy) is 1. The number of carbonyl (C=O) groups is 2. The Hall–Kier alpha value is -1.43. The molecular weight excluding hydrogens is 288 g/mol. The molecule has 1 fully saturated rings. The summed E-state index contributed by atoms with van der Waals surface area (Å²) < 4.78 is 4.88. The van der Waals surface area contributed by atoms with Crippen molar-refractivity contribution in [3.8, 4) is 0 Å². The number of carbonyl (C=O) groups excluding carboxylic acids is 2. The standard InChI is InChI=1S/C15H22N2O3S/c1-20-15(19)12-5-3-2-4-6-13(12)17-14(18)8-7-11-9-21-10-16-11/h9-10,12-13H,2-8H2,1H3,(H,17,18). The van der Waals surface area contributed by atoms with Crippen LogP contribution in [-0.4, -0.2) is 30.0 Å². The van der Waals surface area contributed by atoms with Crippen molar-refractivity contribution in [3.63, 3.8) is 0 Å². The van der Waals surface area contributed by atoms with Crippen LogP contribution in [0.5, 0.6) is 0 Å². The van der Waals surface area contributed by atoms with Crippen LogP contribution in [0.2, 0.25) is 0 Å². The molecule has 0 bridgehead atoms. The van der Waals surface area contributed by atoms with Crippen LogP contribution in [0.15, 0.2) is 10.9 Å². The molecule has 5 nitrogen and oxygen atoms in total. The van der Waals surface area contributed by atoms with Crippen molar-refractivity contribution in [2.75, 3.05) is 7.11 Å². The van der Waals surface area contributed by atoms with Crippen LogP contribution >= 0.6 is 11.3 Å². The van der Waals surface area contributed by atoms with Gasteiger partial charge in [0.05, 0.1) is 24.2 Å². The van der Waals surface area contributed by atoms with Gasteiger partial charge in [-0.25, -0.2) is 4.98 Å². The molecule has 116 valence electrons. The zero-order valence-corrected chi connectivity index (χ0v) is 13.2. The number of rotatable bonds is 5. The van der Waals surface area contributed by atoms with E-state index in [1.807, 2.05) is 5.38 Å². The van der Waals surface area contributed by atoms with Crippen molar-refractivity contribution in [1.29, 1.82) is 0 Å². The van der Waals surface area contributed by atoms with Gasteiger partial charge in [-0.3, -0.25) is 9.59 Å². The fraction of sp³-hybridized carbons (Fsp3) is 0.667. The van der Waals surface area contributed by atoms with Crippen molar-refractivity contribution in [2.45, 2.75) is 51.0 Å².